The maximum absolute atomic E-state index is 9.09. The summed E-state index contributed by atoms with van der Waals surface area (Å²) in [7, 11) is 0. The maximum Gasteiger partial charge on any atom is 0.111 e. The van der Waals surface area contributed by atoms with E-state index in [1.165, 1.54) is 0 Å². The summed E-state index contributed by atoms with van der Waals surface area (Å²) < 4.78 is 4.78. The minimum Gasteiger partial charge on any atom is -0.385 e. The van der Waals surface area contributed by atoms with Crippen molar-refractivity contribution >= 4 is 0 Å². The van der Waals surface area contributed by atoms with E-state index in [-0.39, 0.29) is 0 Å². The summed E-state index contributed by atoms with van der Waals surface area (Å²) in [6, 6.07) is 0. The lowest BCUT2D eigenvalue weighted by Gasteiger charge is -2.35. The zero-order chi connectivity index (χ0) is 7.33. The van der Waals surface area contributed by atoms with Crippen molar-refractivity contribution in [1.82, 2.24) is 0 Å². The SMILES string of the molecule is CC.CCC1(O)COC1. The summed E-state index contributed by atoms with van der Waals surface area (Å²) in [4.78, 5) is 0. The molecule has 0 amide bonds. The Bertz CT molecular complexity index is 61.8. The van der Waals surface area contributed by atoms with Crippen LogP contribution in [0, 0.1) is 0 Å². The molecule has 1 N–H and O–H groups in total. The fourth-order valence-corrected chi connectivity index (χ4v) is 0.542. The highest BCUT2D eigenvalue weighted by molar-refractivity contribution is 4.82. The second-order valence-corrected chi connectivity index (χ2v) is 2.07. The van der Waals surface area contributed by atoms with Gasteiger partial charge in [-0.15, -0.1) is 0 Å². The molecular formula is C7H16O2. The number of hydrogen-bond donors (Lipinski definition) is 1. The van der Waals surface area contributed by atoms with E-state index in [0.29, 0.717) is 13.2 Å². The van der Waals surface area contributed by atoms with Gasteiger partial charge in [0.2, 0.25) is 0 Å². The van der Waals surface area contributed by atoms with E-state index in [9.17, 15) is 0 Å². The molecule has 0 aromatic heterocycles. The molecule has 2 heteroatoms. The minimum absolute atomic E-state index is 0.458. The van der Waals surface area contributed by atoms with Crippen LogP contribution in [0.2, 0.25) is 0 Å². The van der Waals surface area contributed by atoms with Gasteiger partial charge in [-0.25, -0.2) is 0 Å². The lowest BCUT2D eigenvalue weighted by Crippen LogP contribution is -2.48. The van der Waals surface area contributed by atoms with Gasteiger partial charge in [0.1, 0.15) is 5.60 Å². The predicted octanol–water partition coefficient (Wildman–Crippen LogP) is 1.18. The number of aliphatic hydroxyl groups is 1. The highest BCUT2D eigenvalue weighted by atomic mass is 16.5. The van der Waals surface area contributed by atoms with Crippen LogP contribution in [0.15, 0.2) is 0 Å². The van der Waals surface area contributed by atoms with Gasteiger partial charge in [0.05, 0.1) is 13.2 Å². The van der Waals surface area contributed by atoms with Gasteiger partial charge < -0.3 is 9.84 Å². The molecule has 56 valence electrons. The molecule has 1 fully saturated rings. The summed E-state index contributed by atoms with van der Waals surface area (Å²) in [6.45, 7) is 7.02. The Kier molecular flexibility index (Phi) is 3.82. The molecule has 0 aliphatic carbocycles. The highest BCUT2D eigenvalue weighted by Crippen LogP contribution is 2.19. The Morgan fingerprint density at radius 3 is 1.89 bits per heavy atom. The fraction of sp³-hybridized carbons (Fsp3) is 1.00. The molecule has 0 saturated carbocycles. The first-order valence-corrected chi connectivity index (χ1v) is 3.57. The number of rotatable bonds is 1. The molecule has 1 heterocycles. The molecular weight excluding hydrogens is 116 g/mol. The van der Waals surface area contributed by atoms with Gasteiger partial charge in [0.15, 0.2) is 0 Å². The second kappa shape index (κ2) is 3.85. The lowest BCUT2D eigenvalue weighted by molar-refractivity contribution is -0.178. The van der Waals surface area contributed by atoms with Crippen LogP contribution in [-0.4, -0.2) is 23.9 Å². The molecule has 0 bridgehead atoms. The summed E-state index contributed by atoms with van der Waals surface area (Å²) in [6.07, 6.45) is 0.812. The van der Waals surface area contributed by atoms with E-state index in [0.717, 1.165) is 6.42 Å². The standard InChI is InChI=1S/C5H10O2.C2H6/c1-2-5(6)3-7-4-5;1-2/h6H,2-4H2,1H3;1-2H3. The summed E-state index contributed by atoms with van der Waals surface area (Å²) >= 11 is 0. The molecule has 0 aromatic carbocycles. The van der Waals surface area contributed by atoms with E-state index in [1.54, 1.807) is 0 Å². The zero-order valence-corrected chi connectivity index (χ0v) is 6.48. The van der Waals surface area contributed by atoms with Crippen molar-refractivity contribution in [2.75, 3.05) is 13.2 Å². The van der Waals surface area contributed by atoms with E-state index in [2.05, 4.69) is 0 Å². The molecule has 0 spiro atoms. The van der Waals surface area contributed by atoms with Crippen LogP contribution < -0.4 is 0 Å². The fourth-order valence-electron chi connectivity index (χ4n) is 0.542. The van der Waals surface area contributed by atoms with Crippen LogP contribution in [0.3, 0.4) is 0 Å². The molecule has 0 atom stereocenters. The van der Waals surface area contributed by atoms with Gasteiger partial charge in [0.25, 0.3) is 0 Å². The van der Waals surface area contributed by atoms with E-state index in [4.69, 9.17) is 9.84 Å². The third-order valence-electron chi connectivity index (χ3n) is 1.40. The Morgan fingerprint density at radius 1 is 1.44 bits per heavy atom. The van der Waals surface area contributed by atoms with Crippen LogP contribution in [0.4, 0.5) is 0 Å². The predicted molar refractivity (Wildman–Crippen MR) is 37.4 cm³/mol. The number of hydrogen-bond acceptors (Lipinski definition) is 2. The molecule has 2 nitrogen and oxygen atoms in total. The third-order valence-corrected chi connectivity index (χ3v) is 1.40. The monoisotopic (exact) mass is 132 g/mol. The first-order chi connectivity index (χ1) is 4.27. The summed E-state index contributed by atoms with van der Waals surface area (Å²) in [5.74, 6) is 0. The van der Waals surface area contributed by atoms with E-state index < -0.39 is 5.60 Å². The Balaban J connectivity index is 0.000000291. The Morgan fingerprint density at radius 2 is 1.89 bits per heavy atom. The van der Waals surface area contributed by atoms with Crippen molar-refractivity contribution in [2.24, 2.45) is 0 Å². The summed E-state index contributed by atoms with van der Waals surface area (Å²) in [5.41, 5.74) is -0.458. The van der Waals surface area contributed by atoms with Crippen molar-refractivity contribution in [2.45, 2.75) is 32.8 Å². The topological polar surface area (TPSA) is 29.5 Å². The van der Waals surface area contributed by atoms with Gasteiger partial charge in [-0.05, 0) is 6.42 Å². The molecule has 1 rings (SSSR count). The average molecular weight is 132 g/mol. The van der Waals surface area contributed by atoms with Crippen LogP contribution in [0.5, 0.6) is 0 Å². The van der Waals surface area contributed by atoms with Gasteiger partial charge in [-0.2, -0.15) is 0 Å². The molecule has 0 unspecified atom stereocenters. The molecule has 1 aliphatic heterocycles. The van der Waals surface area contributed by atoms with Crippen molar-refractivity contribution in [3.8, 4) is 0 Å². The molecule has 0 radical (unpaired) electrons. The van der Waals surface area contributed by atoms with Crippen molar-refractivity contribution in [3.63, 3.8) is 0 Å². The normalized spacial score (nSPS) is 21.3. The Labute approximate surface area is 56.8 Å². The van der Waals surface area contributed by atoms with Gasteiger partial charge in [0, 0.05) is 0 Å². The highest BCUT2D eigenvalue weighted by Gasteiger charge is 2.33. The average Bonchev–Trinajstić information content (AvgIpc) is 1.88. The van der Waals surface area contributed by atoms with E-state index in [1.807, 2.05) is 20.8 Å². The molecule has 1 saturated heterocycles. The largest absolute Gasteiger partial charge is 0.385 e. The molecule has 1 aliphatic rings. The zero-order valence-electron chi connectivity index (χ0n) is 6.48. The third kappa shape index (κ3) is 2.33. The summed E-state index contributed by atoms with van der Waals surface area (Å²) in [5, 5.41) is 9.09. The number of ether oxygens (including phenoxy) is 1. The smallest absolute Gasteiger partial charge is 0.111 e. The Hall–Kier alpha value is -0.0800. The van der Waals surface area contributed by atoms with Gasteiger partial charge in [-0.1, -0.05) is 20.8 Å². The van der Waals surface area contributed by atoms with Crippen LogP contribution in [0.1, 0.15) is 27.2 Å². The van der Waals surface area contributed by atoms with Gasteiger partial charge in [-0.3, -0.25) is 0 Å². The first kappa shape index (κ1) is 8.92. The second-order valence-electron chi connectivity index (χ2n) is 2.07. The van der Waals surface area contributed by atoms with Crippen molar-refractivity contribution < 1.29 is 9.84 Å². The van der Waals surface area contributed by atoms with Crippen LogP contribution in [0.25, 0.3) is 0 Å². The van der Waals surface area contributed by atoms with Gasteiger partial charge >= 0.3 is 0 Å². The first-order valence-electron chi connectivity index (χ1n) is 3.57. The quantitative estimate of drug-likeness (QED) is 0.580. The van der Waals surface area contributed by atoms with Crippen molar-refractivity contribution in [1.29, 1.82) is 0 Å². The maximum atomic E-state index is 9.09. The lowest BCUT2D eigenvalue weighted by atomic mass is 10.00. The van der Waals surface area contributed by atoms with Crippen LogP contribution in [-0.2, 0) is 4.74 Å². The molecule has 0 aromatic rings. The van der Waals surface area contributed by atoms with Crippen LogP contribution >= 0.6 is 0 Å². The van der Waals surface area contributed by atoms with E-state index >= 15 is 0 Å². The molecule has 9 heavy (non-hydrogen) atoms. The minimum atomic E-state index is -0.458. The van der Waals surface area contributed by atoms with Crippen molar-refractivity contribution in [3.05, 3.63) is 0 Å².